The van der Waals surface area contributed by atoms with Crippen molar-refractivity contribution >= 4 is 11.8 Å². The third-order valence-corrected chi connectivity index (χ3v) is 2.75. The zero-order valence-corrected chi connectivity index (χ0v) is 11.1. The average molecular weight is 252 g/mol. The second-order valence-corrected chi connectivity index (χ2v) is 5.48. The lowest BCUT2D eigenvalue weighted by atomic mass is 10.1. The minimum atomic E-state index is -0.885. The average Bonchev–Trinajstić information content (AvgIpc) is 2.99. The quantitative estimate of drug-likeness (QED) is 0.845. The summed E-state index contributed by atoms with van der Waals surface area (Å²) in [5.74, 6) is 0.531. The fraction of sp³-hybridized carbons (Fsp3) is 0.667. The summed E-state index contributed by atoms with van der Waals surface area (Å²) in [5, 5.41) is 16.7. The molecule has 2 rings (SSSR count). The van der Waals surface area contributed by atoms with Crippen molar-refractivity contribution < 1.29 is 9.90 Å². The summed E-state index contributed by atoms with van der Waals surface area (Å²) in [6, 6.07) is 1.80. The Labute approximate surface area is 107 Å². The summed E-state index contributed by atoms with van der Waals surface area (Å²) in [5.41, 5.74) is -0.885. The summed E-state index contributed by atoms with van der Waals surface area (Å²) < 4.78 is 1.63. The minimum absolute atomic E-state index is 0.196. The van der Waals surface area contributed by atoms with Crippen molar-refractivity contribution in [1.29, 1.82) is 0 Å². The molecule has 1 saturated carbocycles. The molecule has 0 unspecified atom stereocenters. The van der Waals surface area contributed by atoms with Crippen LogP contribution < -0.4 is 5.32 Å². The highest BCUT2D eigenvalue weighted by molar-refractivity contribution is 5.88. The molecule has 0 aliphatic heterocycles. The summed E-state index contributed by atoms with van der Waals surface area (Å²) >= 11 is 0. The van der Waals surface area contributed by atoms with Gasteiger partial charge in [-0.15, -0.1) is 0 Å². The smallest absolute Gasteiger partial charge is 0.323 e. The lowest BCUT2D eigenvalue weighted by Crippen LogP contribution is -2.45. The van der Waals surface area contributed by atoms with Gasteiger partial charge >= 0.3 is 6.03 Å². The molecule has 1 aromatic heterocycles. The van der Waals surface area contributed by atoms with E-state index in [1.54, 1.807) is 42.7 Å². The predicted molar refractivity (Wildman–Crippen MR) is 68.3 cm³/mol. The minimum Gasteiger partial charge on any atom is -0.389 e. The molecule has 1 aliphatic rings. The number of hydrogen-bond donors (Lipinski definition) is 2. The summed E-state index contributed by atoms with van der Waals surface area (Å²) in [4.78, 5) is 13.8. The number of aliphatic hydroxyl groups is 1. The molecule has 0 aromatic carbocycles. The highest BCUT2D eigenvalue weighted by atomic mass is 16.3. The molecule has 0 spiro atoms. The molecule has 0 bridgehead atoms. The number of amides is 2. The van der Waals surface area contributed by atoms with Crippen LogP contribution in [0.1, 0.15) is 26.7 Å². The van der Waals surface area contributed by atoms with Crippen molar-refractivity contribution in [3.63, 3.8) is 0 Å². The second-order valence-electron chi connectivity index (χ2n) is 5.48. The predicted octanol–water partition coefficient (Wildman–Crippen LogP) is 1.19. The van der Waals surface area contributed by atoms with Gasteiger partial charge in [-0.3, -0.25) is 10.00 Å². The molecule has 2 amide bonds. The van der Waals surface area contributed by atoms with Gasteiger partial charge in [-0.25, -0.2) is 4.79 Å². The van der Waals surface area contributed by atoms with Crippen LogP contribution in [0.3, 0.4) is 0 Å². The van der Waals surface area contributed by atoms with Crippen LogP contribution in [-0.4, -0.2) is 44.0 Å². The van der Waals surface area contributed by atoms with Gasteiger partial charge < -0.3 is 10.0 Å². The van der Waals surface area contributed by atoms with E-state index in [4.69, 9.17) is 0 Å². The van der Waals surface area contributed by atoms with Crippen LogP contribution in [0.2, 0.25) is 0 Å². The number of carbonyl (C=O) groups excluding carboxylic acids is 1. The first-order valence-corrected chi connectivity index (χ1v) is 6.15. The topological polar surface area (TPSA) is 70.4 Å². The van der Waals surface area contributed by atoms with E-state index in [9.17, 15) is 9.90 Å². The Morgan fingerprint density at radius 3 is 2.78 bits per heavy atom. The van der Waals surface area contributed by atoms with E-state index in [1.807, 2.05) is 0 Å². The Hall–Kier alpha value is -1.56. The molecule has 0 atom stereocenters. The summed E-state index contributed by atoms with van der Waals surface area (Å²) in [6.45, 7) is 3.74. The molecular formula is C12H20N4O2. The zero-order chi connectivity index (χ0) is 13.3. The fourth-order valence-electron chi connectivity index (χ4n) is 1.83. The first kappa shape index (κ1) is 12.9. The van der Waals surface area contributed by atoms with Crippen molar-refractivity contribution in [2.45, 2.75) is 38.3 Å². The first-order valence-electron chi connectivity index (χ1n) is 6.15. The molecule has 100 valence electrons. The SMILES string of the molecule is Cn1ccc(NC(=O)N(CC(C)(C)O)C2CC2)n1. The van der Waals surface area contributed by atoms with E-state index in [0.29, 0.717) is 12.4 Å². The van der Waals surface area contributed by atoms with Crippen LogP contribution in [0.15, 0.2) is 12.3 Å². The number of aromatic nitrogens is 2. The van der Waals surface area contributed by atoms with E-state index in [2.05, 4.69) is 10.4 Å². The Kier molecular flexibility index (Phi) is 3.30. The van der Waals surface area contributed by atoms with Crippen molar-refractivity contribution in [3.8, 4) is 0 Å². The Morgan fingerprint density at radius 2 is 2.33 bits per heavy atom. The number of urea groups is 1. The number of hydrogen-bond acceptors (Lipinski definition) is 3. The molecule has 6 nitrogen and oxygen atoms in total. The van der Waals surface area contributed by atoms with Gasteiger partial charge in [-0.2, -0.15) is 5.10 Å². The van der Waals surface area contributed by atoms with Gasteiger partial charge in [0.2, 0.25) is 0 Å². The van der Waals surface area contributed by atoms with Gasteiger partial charge in [0.15, 0.2) is 5.82 Å². The van der Waals surface area contributed by atoms with E-state index < -0.39 is 5.60 Å². The van der Waals surface area contributed by atoms with E-state index in [1.165, 1.54) is 0 Å². The molecule has 2 N–H and O–H groups in total. The highest BCUT2D eigenvalue weighted by Gasteiger charge is 2.35. The Bertz CT molecular complexity index is 432. The number of nitrogens with zero attached hydrogens (tertiary/aromatic N) is 3. The van der Waals surface area contributed by atoms with E-state index in [0.717, 1.165) is 12.8 Å². The van der Waals surface area contributed by atoms with Crippen LogP contribution in [0.4, 0.5) is 10.6 Å². The molecule has 6 heteroatoms. The fourth-order valence-corrected chi connectivity index (χ4v) is 1.83. The molecule has 18 heavy (non-hydrogen) atoms. The van der Waals surface area contributed by atoms with Crippen molar-refractivity contribution in [2.75, 3.05) is 11.9 Å². The van der Waals surface area contributed by atoms with Crippen molar-refractivity contribution in [3.05, 3.63) is 12.3 Å². The van der Waals surface area contributed by atoms with Crippen LogP contribution in [-0.2, 0) is 7.05 Å². The molecular weight excluding hydrogens is 232 g/mol. The van der Waals surface area contributed by atoms with E-state index >= 15 is 0 Å². The Balaban J connectivity index is 2.00. The van der Waals surface area contributed by atoms with Gasteiger partial charge in [0.25, 0.3) is 0 Å². The number of anilines is 1. The maximum atomic E-state index is 12.1. The summed E-state index contributed by atoms with van der Waals surface area (Å²) in [7, 11) is 1.80. The van der Waals surface area contributed by atoms with E-state index in [-0.39, 0.29) is 12.1 Å². The van der Waals surface area contributed by atoms with Crippen LogP contribution >= 0.6 is 0 Å². The zero-order valence-electron chi connectivity index (χ0n) is 11.1. The van der Waals surface area contributed by atoms with Crippen molar-refractivity contribution in [2.24, 2.45) is 7.05 Å². The monoisotopic (exact) mass is 252 g/mol. The van der Waals surface area contributed by atoms with Crippen molar-refractivity contribution in [1.82, 2.24) is 14.7 Å². The number of rotatable bonds is 4. The number of aryl methyl sites for hydroxylation is 1. The lowest BCUT2D eigenvalue weighted by Gasteiger charge is -2.29. The molecule has 1 fully saturated rings. The molecule has 0 saturated heterocycles. The number of nitrogens with one attached hydrogen (secondary N) is 1. The Morgan fingerprint density at radius 1 is 1.67 bits per heavy atom. The molecule has 1 aliphatic carbocycles. The first-order chi connectivity index (χ1) is 8.35. The third kappa shape index (κ3) is 3.46. The maximum absolute atomic E-state index is 12.1. The normalized spacial score (nSPS) is 15.6. The molecule has 1 aromatic rings. The van der Waals surface area contributed by atoms with Gasteiger partial charge in [0.05, 0.1) is 12.1 Å². The maximum Gasteiger partial charge on any atom is 0.323 e. The largest absolute Gasteiger partial charge is 0.389 e. The molecule has 1 heterocycles. The second kappa shape index (κ2) is 4.61. The lowest BCUT2D eigenvalue weighted by molar-refractivity contribution is 0.0467. The van der Waals surface area contributed by atoms with Crippen LogP contribution in [0.5, 0.6) is 0 Å². The summed E-state index contributed by atoms with van der Waals surface area (Å²) in [6.07, 6.45) is 3.78. The van der Waals surface area contributed by atoms with Gasteiger partial charge in [0, 0.05) is 25.4 Å². The van der Waals surface area contributed by atoms with Crippen LogP contribution in [0.25, 0.3) is 0 Å². The highest BCUT2D eigenvalue weighted by Crippen LogP contribution is 2.28. The van der Waals surface area contributed by atoms with Gasteiger partial charge in [0.1, 0.15) is 0 Å². The third-order valence-electron chi connectivity index (χ3n) is 2.75. The standard InChI is InChI=1S/C12H20N4O2/c1-12(2,18)8-16(9-4-5-9)11(17)13-10-6-7-15(3)14-10/h6-7,9,18H,4-5,8H2,1-3H3,(H,13,14,17). The number of carbonyl (C=O) groups is 1. The van der Waals surface area contributed by atoms with Crippen LogP contribution in [0, 0.1) is 0 Å². The van der Waals surface area contributed by atoms with Gasteiger partial charge in [-0.05, 0) is 26.7 Å². The van der Waals surface area contributed by atoms with Gasteiger partial charge in [-0.1, -0.05) is 0 Å². The molecule has 0 radical (unpaired) electrons.